The number of rotatable bonds is 2. The Morgan fingerprint density at radius 2 is 2.15 bits per heavy atom. The van der Waals surface area contributed by atoms with Gasteiger partial charge in [-0.3, -0.25) is 4.79 Å². The highest BCUT2D eigenvalue weighted by atomic mass is 35.5. The summed E-state index contributed by atoms with van der Waals surface area (Å²) < 4.78 is 4.55. The van der Waals surface area contributed by atoms with E-state index in [9.17, 15) is 4.79 Å². The van der Waals surface area contributed by atoms with Crippen molar-refractivity contribution in [3.05, 3.63) is 34.9 Å². The molecule has 1 aromatic carbocycles. The molecule has 1 rings (SSSR count). The molecule has 1 atom stereocenters. The van der Waals surface area contributed by atoms with Crippen LogP contribution in [0.25, 0.3) is 0 Å². The lowest BCUT2D eigenvalue weighted by atomic mass is 10.1. The summed E-state index contributed by atoms with van der Waals surface area (Å²) in [6.07, 6.45) is 0. The van der Waals surface area contributed by atoms with Gasteiger partial charge in [0.15, 0.2) is 0 Å². The molecule has 4 heteroatoms. The first-order valence-corrected chi connectivity index (χ1v) is 4.56. The lowest BCUT2D eigenvalue weighted by Gasteiger charge is -2.09. The Balaban J connectivity index is 2.95. The smallest absolute Gasteiger partial charge is 0.323 e. The fraction of sp³-hybridized carbons (Fsp3) is 0.222. The lowest BCUT2D eigenvalue weighted by molar-refractivity contribution is -0.140. The van der Waals surface area contributed by atoms with Gasteiger partial charge in [-0.25, -0.2) is 0 Å². The number of methoxy groups -OCH3 is 1. The van der Waals surface area contributed by atoms with E-state index in [4.69, 9.17) is 11.6 Å². The van der Waals surface area contributed by atoms with Crippen molar-refractivity contribution in [3.8, 4) is 0 Å². The van der Waals surface area contributed by atoms with Crippen LogP contribution >= 0.6 is 24.2 Å². The predicted octanol–water partition coefficient (Wildman–Crippen LogP) is 2.48. The van der Waals surface area contributed by atoms with Crippen LogP contribution in [-0.4, -0.2) is 13.1 Å². The maximum absolute atomic E-state index is 11.1. The third-order valence-electron chi connectivity index (χ3n) is 1.62. The highest BCUT2D eigenvalue weighted by molar-refractivity contribution is 7.81. The summed E-state index contributed by atoms with van der Waals surface area (Å²) in [6.45, 7) is 0. The van der Waals surface area contributed by atoms with E-state index >= 15 is 0 Å². The van der Waals surface area contributed by atoms with Gasteiger partial charge in [0.25, 0.3) is 0 Å². The zero-order valence-electron chi connectivity index (χ0n) is 7.03. The van der Waals surface area contributed by atoms with Crippen molar-refractivity contribution in [2.45, 2.75) is 5.25 Å². The number of benzene rings is 1. The van der Waals surface area contributed by atoms with Gasteiger partial charge in [-0.05, 0) is 11.6 Å². The van der Waals surface area contributed by atoms with Gasteiger partial charge in [-0.1, -0.05) is 29.8 Å². The Hall–Kier alpha value is -0.670. The number of esters is 1. The van der Waals surface area contributed by atoms with Gasteiger partial charge in [0, 0.05) is 5.02 Å². The second-order valence-corrected chi connectivity index (χ2v) is 3.37. The second kappa shape index (κ2) is 4.53. The third-order valence-corrected chi connectivity index (χ3v) is 2.46. The highest BCUT2D eigenvalue weighted by Gasteiger charge is 2.18. The topological polar surface area (TPSA) is 26.3 Å². The average Bonchev–Trinajstić information content (AvgIpc) is 2.16. The Kier molecular flexibility index (Phi) is 3.63. The number of halogens is 1. The molecule has 0 heterocycles. The molecule has 0 aliphatic rings. The van der Waals surface area contributed by atoms with E-state index in [2.05, 4.69) is 17.4 Å². The Morgan fingerprint density at radius 1 is 1.54 bits per heavy atom. The number of carbonyl (C=O) groups excluding carboxylic acids is 1. The van der Waals surface area contributed by atoms with Gasteiger partial charge in [-0.15, -0.1) is 0 Å². The molecule has 0 saturated carbocycles. The molecule has 0 aliphatic heterocycles. The molecule has 2 nitrogen and oxygen atoms in total. The molecule has 0 bridgehead atoms. The van der Waals surface area contributed by atoms with Gasteiger partial charge in [-0.2, -0.15) is 12.6 Å². The molecule has 13 heavy (non-hydrogen) atoms. The first-order valence-electron chi connectivity index (χ1n) is 3.67. The van der Waals surface area contributed by atoms with Crippen LogP contribution in [0.1, 0.15) is 10.8 Å². The first kappa shape index (κ1) is 10.4. The van der Waals surface area contributed by atoms with E-state index < -0.39 is 11.2 Å². The van der Waals surface area contributed by atoms with Crippen LogP contribution in [0.2, 0.25) is 5.02 Å². The lowest BCUT2D eigenvalue weighted by Crippen LogP contribution is -2.08. The van der Waals surface area contributed by atoms with Crippen LogP contribution in [0.15, 0.2) is 24.3 Å². The van der Waals surface area contributed by atoms with Crippen LogP contribution in [0.3, 0.4) is 0 Å². The van der Waals surface area contributed by atoms with Crippen molar-refractivity contribution >= 4 is 30.2 Å². The van der Waals surface area contributed by atoms with Crippen LogP contribution in [0.5, 0.6) is 0 Å². The monoisotopic (exact) mass is 216 g/mol. The molecular weight excluding hydrogens is 208 g/mol. The maximum Gasteiger partial charge on any atom is 0.323 e. The predicted molar refractivity (Wildman–Crippen MR) is 55.2 cm³/mol. The highest BCUT2D eigenvalue weighted by Crippen LogP contribution is 2.27. The minimum absolute atomic E-state index is 0.406. The van der Waals surface area contributed by atoms with E-state index in [0.29, 0.717) is 10.6 Å². The number of carbonyl (C=O) groups is 1. The molecule has 0 aliphatic carbocycles. The van der Waals surface area contributed by atoms with Crippen LogP contribution in [-0.2, 0) is 9.53 Å². The SMILES string of the molecule is COC(=O)C(S)c1ccccc1Cl. The Morgan fingerprint density at radius 3 is 2.69 bits per heavy atom. The van der Waals surface area contributed by atoms with Gasteiger partial charge in [0.1, 0.15) is 5.25 Å². The van der Waals surface area contributed by atoms with Crippen molar-refractivity contribution in [2.75, 3.05) is 7.11 Å². The Labute approximate surface area is 87.3 Å². The van der Waals surface area contributed by atoms with E-state index in [1.54, 1.807) is 24.3 Å². The van der Waals surface area contributed by atoms with E-state index in [1.165, 1.54) is 7.11 Å². The number of hydrogen-bond donors (Lipinski definition) is 1. The minimum atomic E-state index is -0.612. The van der Waals surface area contributed by atoms with E-state index in [0.717, 1.165) is 0 Å². The molecule has 0 aromatic heterocycles. The summed E-state index contributed by atoms with van der Waals surface area (Å²) in [5, 5.41) is -0.0911. The molecule has 1 aromatic rings. The minimum Gasteiger partial charge on any atom is -0.468 e. The summed E-state index contributed by atoms with van der Waals surface area (Å²) >= 11 is 9.97. The summed E-state index contributed by atoms with van der Waals surface area (Å²) in [7, 11) is 1.32. The van der Waals surface area contributed by atoms with Gasteiger partial charge >= 0.3 is 5.97 Å². The van der Waals surface area contributed by atoms with Crippen molar-refractivity contribution in [2.24, 2.45) is 0 Å². The standard InChI is InChI=1S/C9H9ClO2S/c1-12-9(11)8(13)6-4-2-3-5-7(6)10/h2-5,8,13H,1H3. The molecule has 0 saturated heterocycles. The number of ether oxygens (including phenoxy) is 1. The van der Waals surface area contributed by atoms with Crippen molar-refractivity contribution < 1.29 is 9.53 Å². The summed E-state index contributed by atoms with van der Waals surface area (Å²) in [5.74, 6) is -0.406. The first-order chi connectivity index (χ1) is 6.16. The Bertz CT molecular complexity index is 314. The zero-order valence-corrected chi connectivity index (χ0v) is 8.68. The van der Waals surface area contributed by atoms with Gasteiger partial charge in [0.05, 0.1) is 7.11 Å². The van der Waals surface area contributed by atoms with Crippen LogP contribution < -0.4 is 0 Å². The van der Waals surface area contributed by atoms with Crippen molar-refractivity contribution in [1.82, 2.24) is 0 Å². The van der Waals surface area contributed by atoms with E-state index in [1.807, 2.05) is 0 Å². The second-order valence-electron chi connectivity index (χ2n) is 2.45. The summed E-state index contributed by atoms with van der Waals surface area (Å²) in [5.41, 5.74) is 0.666. The molecular formula is C9H9ClO2S. The average molecular weight is 217 g/mol. The fourth-order valence-electron chi connectivity index (χ4n) is 0.935. The van der Waals surface area contributed by atoms with Gasteiger partial charge in [0.2, 0.25) is 0 Å². The largest absolute Gasteiger partial charge is 0.468 e. The normalized spacial score (nSPS) is 12.2. The van der Waals surface area contributed by atoms with Crippen LogP contribution in [0, 0.1) is 0 Å². The van der Waals surface area contributed by atoms with Crippen LogP contribution in [0.4, 0.5) is 0 Å². The molecule has 1 unspecified atom stereocenters. The van der Waals surface area contributed by atoms with Crippen molar-refractivity contribution in [3.63, 3.8) is 0 Å². The molecule has 0 radical (unpaired) electrons. The number of thiol groups is 1. The maximum atomic E-state index is 11.1. The summed E-state index contributed by atoms with van der Waals surface area (Å²) in [6, 6.07) is 7.05. The zero-order chi connectivity index (χ0) is 9.84. The number of hydrogen-bond acceptors (Lipinski definition) is 3. The molecule has 0 N–H and O–H groups in total. The molecule has 0 amide bonds. The molecule has 70 valence electrons. The van der Waals surface area contributed by atoms with E-state index in [-0.39, 0.29) is 0 Å². The molecule has 0 spiro atoms. The summed E-state index contributed by atoms with van der Waals surface area (Å²) in [4.78, 5) is 11.1. The third kappa shape index (κ3) is 2.39. The quantitative estimate of drug-likeness (QED) is 0.607. The molecule has 0 fully saturated rings. The van der Waals surface area contributed by atoms with Gasteiger partial charge < -0.3 is 4.74 Å². The van der Waals surface area contributed by atoms with Crippen molar-refractivity contribution in [1.29, 1.82) is 0 Å². The fourth-order valence-corrected chi connectivity index (χ4v) is 1.59.